The van der Waals surface area contributed by atoms with Crippen molar-refractivity contribution in [1.29, 1.82) is 0 Å². The zero-order chi connectivity index (χ0) is 9.71. The molecule has 4 fully saturated rings. The predicted molar refractivity (Wildman–Crippen MR) is 58.7 cm³/mol. The highest BCUT2D eigenvalue weighted by Gasteiger charge is 2.49. The highest BCUT2D eigenvalue weighted by atomic mass is 14.7. The lowest BCUT2D eigenvalue weighted by atomic mass is 9.50. The Balaban J connectivity index is 1.84. The number of hydrogen-bond donors (Lipinski definition) is 1. The summed E-state index contributed by atoms with van der Waals surface area (Å²) in [7, 11) is 0. The van der Waals surface area contributed by atoms with Crippen LogP contribution in [0.5, 0.6) is 0 Å². The minimum absolute atomic E-state index is 0.269. The molecule has 78 valence electrons. The van der Waals surface area contributed by atoms with Crippen LogP contribution in [0.1, 0.15) is 32.1 Å². The highest BCUT2D eigenvalue weighted by Crippen LogP contribution is 2.57. The zero-order valence-electron chi connectivity index (χ0n) is 8.86. The molecule has 2 N–H and O–H groups in total. The summed E-state index contributed by atoms with van der Waals surface area (Å²) in [5.74, 6) is 4.79. The normalized spacial score (nSPS) is 51.9. The summed E-state index contributed by atoms with van der Waals surface area (Å²) in [5.41, 5.74) is 6.18. The molecule has 0 aliphatic heterocycles. The Bertz CT molecular complexity index is 218. The van der Waals surface area contributed by atoms with Gasteiger partial charge in [-0.2, -0.15) is 0 Å². The average molecular weight is 191 g/mol. The summed E-state index contributed by atoms with van der Waals surface area (Å²) >= 11 is 0. The molecule has 1 atom stereocenters. The number of rotatable bonds is 2. The van der Waals surface area contributed by atoms with Gasteiger partial charge in [-0.25, -0.2) is 0 Å². The van der Waals surface area contributed by atoms with E-state index in [2.05, 4.69) is 6.58 Å². The standard InChI is InChI=1S/C13H21N/c1-2-12(14)13-10-4-8-3-9(6-10)7-11(13)5-8/h2,8-13H,1,3-7,14H2. The van der Waals surface area contributed by atoms with E-state index in [0.717, 1.165) is 29.6 Å². The van der Waals surface area contributed by atoms with Crippen LogP contribution in [0.25, 0.3) is 0 Å². The first-order valence-electron chi connectivity index (χ1n) is 6.16. The first-order valence-corrected chi connectivity index (χ1v) is 6.16. The molecule has 0 amide bonds. The summed E-state index contributed by atoms with van der Waals surface area (Å²) in [6, 6.07) is 0.269. The Hall–Kier alpha value is -0.300. The van der Waals surface area contributed by atoms with Crippen molar-refractivity contribution in [1.82, 2.24) is 0 Å². The van der Waals surface area contributed by atoms with Gasteiger partial charge in [-0.15, -0.1) is 6.58 Å². The molecule has 4 rings (SSSR count). The van der Waals surface area contributed by atoms with E-state index in [1.54, 1.807) is 0 Å². The molecular weight excluding hydrogens is 170 g/mol. The fraction of sp³-hybridized carbons (Fsp3) is 0.846. The van der Waals surface area contributed by atoms with E-state index in [4.69, 9.17) is 5.73 Å². The summed E-state index contributed by atoms with van der Waals surface area (Å²) in [4.78, 5) is 0. The minimum Gasteiger partial charge on any atom is -0.324 e. The third-order valence-electron chi connectivity index (χ3n) is 5.02. The molecule has 4 bridgehead atoms. The Morgan fingerprint density at radius 3 is 1.93 bits per heavy atom. The molecule has 1 nitrogen and oxygen atoms in total. The molecule has 0 aromatic rings. The van der Waals surface area contributed by atoms with Gasteiger partial charge < -0.3 is 5.73 Å². The fourth-order valence-electron chi connectivity index (χ4n) is 4.75. The molecule has 4 aliphatic rings. The van der Waals surface area contributed by atoms with Crippen LogP contribution in [0.15, 0.2) is 12.7 Å². The first-order chi connectivity index (χ1) is 6.78. The summed E-state index contributed by atoms with van der Waals surface area (Å²) < 4.78 is 0. The molecular formula is C13H21N. The van der Waals surface area contributed by atoms with Crippen molar-refractivity contribution >= 4 is 0 Å². The molecule has 4 saturated carbocycles. The topological polar surface area (TPSA) is 26.0 Å². The maximum Gasteiger partial charge on any atom is 0.0255 e. The average Bonchev–Trinajstić information content (AvgIpc) is 2.15. The van der Waals surface area contributed by atoms with Crippen molar-refractivity contribution < 1.29 is 0 Å². The van der Waals surface area contributed by atoms with Crippen LogP contribution >= 0.6 is 0 Å². The Morgan fingerprint density at radius 1 is 1.00 bits per heavy atom. The number of nitrogens with two attached hydrogens (primary N) is 1. The summed E-state index contributed by atoms with van der Waals surface area (Å²) in [6.07, 6.45) is 9.40. The lowest BCUT2D eigenvalue weighted by Crippen LogP contribution is -2.51. The smallest absolute Gasteiger partial charge is 0.0255 e. The van der Waals surface area contributed by atoms with Gasteiger partial charge in [0, 0.05) is 6.04 Å². The van der Waals surface area contributed by atoms with Crippen LogP contribution in [0.3, 0.4) is 0 Å². The van der Waals surface area contributed by atoms with Gasteiger partial charge in [-0.3, -0.25) is 0 Å². The van der Waals surface area contributed by atoms with Crippen molar-refractivity contribution in [2.75, 3.05) is 0 Å². The highest BCUT2D eigenvalue weighted by molar-refractivity contribution is 5.04. The second-order valence-corrected chi connectivity index (χ2v) is 5.82. The molecule has 0 heterocycles. The molecule has 1 heteroatoms. The zero-order valence-corrected chi connectivity index (χ0v) is 8.86. The third-order valence-corrected chi connectivity index (χ3v) is 5.02. The molecule has 0 aromatic carbocycles. The number of hydrogen-bond acceptors (Lipinski definition) is 1. The monoisotopic (exact) mass is 191 g/mol. The van der Waals surface area contributed by atoms with Crippen LogP contribution in [0.4, 0.5) is 0 Å². The fourth-order valence-corrected chi connectivity index (χ4v) is 4.75. The van der Waals surface area contributed by atoms with E-state index in [9.17, 15) is 0 Å². The van der Waals surface area contributed by atoms with Crippen LogP contribution in [0, 0.1) is 29.6 Å². The van der Waals surface area contributed by atoms with E-state index in [1.165, 1.54) is 32.1 Å². The largest absolute Gasteiger partial charge is 0.324 e. The molecule has 0 radical (unpaired) electrons. The molecule has 4 aliphatic carbocycles. The quantitative estimate of drug-likeness (QED) is 0.667. The van der Waals surface area contributed by atoms with Crippen LogP contribution in [-0.2, 0) is 0 Å². The van der Waals surface area contributed by atoms with Gasteiger partial charge in [0.2, 0.25) is 0 Å². The van der Waals surface area contributed by atoms with Crippen molar-refractivity contribution in [2.24, 2.45) is 35.3 Å². The van der Waals surface area contributed by atoms with Crippen molar-refractivity contribution in [3.8, 4) is 0 Å². The molecule has 1 unspecified atom stereocenters. The molecule has 0 spiro atoms. The van der Waals surface area contributed by atoms with Crippen LogP contribution in [0.2, 0.25) is 0 Å². The van der Waals surface area contributed by atoms with Gasteiger partial charge in [0.15, 0.2) is 0 Å². The minimum atomic E-state index is 0.269. The van der Waals surface area contributed by atoms with Gasteiger partial charge in [-0.05, 0) is 61.7 Å². The maximum atomic E-state index is 6.18. The lowest BCUT2D eigenvalue weighted by Gasteiger charge is -2.55. The van der Waals surface area contributed by atoms with Gasteiger partial charge >= 0.3 is 0 Å². The van der Waals surface area contributed by atoms with Crippen molar-refractivity contribution in [3.05, 3.63) is 12.7 Å². The van der Waals surface area contributed by atoms with E-state index >= 15 is 0 Å². The SMILES string of the molecule is C=CC(N)C1C2CC3CC(C2)CC1C3. The van der Waals surface area contributed by atoms with E-state index < -0.39 is 0 Å². The molecule has 0 saturated heterocycles. The van der Waals surface area contributed by atoms with Crippen molar-refractivity contribution in [3.63, 3.8) is 0 Å². The van der Waals surface area contributed by atoms with Crippen LogP contribution in [-0.4, -0.2) is 6.04 Å². The third kappa shape index (κ3) is 1.18. The second-order valence-electron chi connectivity index (χ2n) is 5.82. The van der Waals surface area contributed by atoms with Gasteiger partial charge in [0.1, 0.15) is 0 Å². The molecule has 0 aromatic heterocycles. The second kappa shape index (κ2) is 3.10. The summed E-state index contributed by atoms with van der Waals surface area (Å²) in [5, 5.41) is 0. The predicted octanol–water partition coefficient (Wildman–Crippen LogP) is 2.57. The Kier molecular flexibility index (Phi) is 1.98. The van der Waals surface area contributed by atoms with E-state index in [1.807, 2.05) is 6.08 Å². The van der Waals surface area contributed by atoms with Crippen LogP contribution < -0.4 is 5.73 Å². The Labute approximate surface area is 86.8 Å². The summed E-state index contributed by atoms with van der Waals surface area (Å²) in [6.45, 7) is 3.87. The van der Waals surface area contributed by atoms with E-state index in [0.29, 0.717) is 0 Å². The van der Waals surface area contributed by atoms with Gasteiger partial charge in [0.25, 0.3) is 0 Å². The Morgan fingerprint density at radius 2 is 1.50 bits per heavy atom. The lowest BCUT2D eigenvalue weighted by molar-refractivity contribution is -0.0408. The maximum absolute atomic E-state index is 6.18. The van der Waals surface area contributed by atoms with Gasteiger partial charge in [-0.1, -0.05) is 6.08 Å². The molecule has 14 heavy (non-hydrogen) atoms. The van der Waals surface area contributed by atoms with Crippen molar-refractivity contribution in [2.45, 2.75) is 38.1 Å². The van der Waals surface area contributed by atoms with E-state index in [-0.39, 0.29) is 6.04 Å². The first kappa shape index (κ1) is 8.96. The van der Waals surface area contributed by atoms with Gasteiger partial charge in [0.05, 0.1) is 0 Å².